The van der Waals surface area contributed by atoms with Gasteiger partial charge in [-0.2, -0.15) is 0 Å². The van der Waals surface area contributed by atoms with E-state index in [0.29, 0.717) is 12.6 Å². The molecule has 1 fully saturated rings. The van der Waals surface area contributed by atoms with Crippen LogP contribution in [0.15, 0.2) is 18.2 Å². The van der Waals surface area contributed by atoms with Crippen molar-refractivity contribution in [1.82, 2.24) is 0 Å². The second kappa shape index (κ2) is 5.88. The van der Waals surface area contributed by atoms with Gasteiger partial charge in [-0.25, -0.2) is 0 Å². The molecule has 0 spiro atoms. The standard InChI is InChI=1S/C13H18N2O4/c1-19-13-9-11(5-6-12(13)15(17)18)14(7-8-16)10-3-2-4-10/h5-6,9-10,16H,2-4,7-8H2,1H3. The molecule has 1 N–H and O–H groups in total. The van der Waals surface area contributed by atoms with Crippen molar-refractivity contribution < 1.29 is 14.8 Å². The number of ether oxygens (including phenoxy) is 1. The molecule has 0 heterocycles. The normalized spacial score (nSPS) is 14.8. The molecule has 1 aromatic rings. The first-order valence-corrected chi connectivity index (χ1v) is 6.37. The topological polar surface area (TPSA) is 75.8 Å². The van der Waals surface area contributed by atoms with E-state index in [4.69, 9.17) is 9.84 Å². The van der Waals surface area contributed by atoms with Crippen molar-refractivity contribution in [2.75, 3.05) is 25.2 Å². The lowest BCUT2D eigenvalue weighted by Crippen LogP contribution is -2.41. The van der Waals surface area contributed by atoms with Gasteiger partial charge in [0, 0.05) is 30.4 Å². The Labute approximate surface area is 111 Å². The number of aliphatic hydroxyl groups excluding tert-OH is 1. The van der Waals surface area contributed by atoms with Crippen molar-refractivity contribution in [3.63, 3.8) is 0 Å². The van der Waals surface area contributed by atoms with Crippen LogP contribution in [0.25, 0.3) is 0 Å². The lowest BCUT2D eigenvalue weighted by molar-refractivity contribution is -0.385. The van der Waals surface area contributed by atoms with Crippen LogP contribution in [0.2, 0.25) is 0 Å². The Kier molecular flexibility index (Phi) is 4.21. The molecule has 0 aliphatic heterocycles. The van der Waals surface area contributed by atoms with Crippen LogP contribution in [0.1, 0.15) is 19.3 Å². The van der Waals surface area contributed by atoms with Gasteiger partial charge in [0.05, 0.1) is 18.6 Å². The lowest BCUT2D eigenvalue weighted by atomic mass is 9.91. The Morgan fingerprint density at radius 1 is 1.53 bits per heavy atom. The van der Waals surface area contributed by atoms with Crippen molar-refractivity contribution in [2.24, 2.45) is 0 Å². The zero-order chi connectivity index (χ0) is 13.8. The zero-order valence-corrected chi connectivity index (χ0v) is 10.9. The number of rotatable bonds is 6. The van der Waals surface area contributed by atoms with E-state index in [0.717, 1.165) is 18.5 Å². The molecule has 104 valence electrons. The van der Waals surface area contributed by atoms with E-state index in [-0.39, 0.29) is 18.0 Å². The third kappa shape index (κ3) is 2.78. The fraction of sp³-hybridized carbons (Fsp3) is 0.538. The number of benzene rings is 1. The number of anilines is 1. The summed E-state index contributed by atoms with van der Waals surface area (Å²) in [5.41, 5.74) is 0.824. The molecule has 6 heteroatoms. The predicted octanol–water partition coefficient (Wildman–Crippen LogP) is 1.95. The summed E-state index contributed by atoms with van der Waals surface area (Å²) in [4.78, 5) is 12.5. The monoisotopic (exact) mass is 266 g/mol. The quantitative estimate of drug-likeness (QED) is 0.629. The van der Waals surface area contributed by atoms with E-state index >= 15 is 0 Å². The average molecular weight is 266 g/mol. The highest BCUT2D eigenvalue weighted by Gasteiger charge is 2.26. The molecular formula is C13H18N2O4. The van der Waals surface area contributed by atoms with E-state index < -0.39 is 4.92 Å². The van der Waals surface area contributed by atoms with Gasteiger partial charge in [0.2, 0.25) is 0 Å². The molecule has 1 aromatic carbocycles. The summed E-state index contributed by atoms with van der Waals surface area (Å²) in [6.07, 6.45) is 3.38. The number of nitro groups is 1. The highest BCUT2D eigenvalue weighted by molar-refractivity contribution is 5.60. The second-order valence-electron chi connectivity index (χ2n) is 4.61. The summed E-state index contributed by atoms with van der Waals surface area (Å²) in [5.74, 6) is 0.254. The van der Waals surface area contributed by atoms with Gasteiger partial charge in [-0.05, 0) is 25.3 Å². The Bertz CT molecular complexity index is 460. The maximum absolute atomic E-state index is 10.9. The number of nitrogens with zero attached hydrogens (tertiary/aromatic N) is 2. The number of methoxy groups -OCH3 is 1. The van der Waals surface area contributed by atoms with E-state index in [1.165, 1.54) is 19.6 Å². The third-order valence-corrected chi connectivity index (χ3v) is 3.55. The van der Waals surface area contributed by atoms with Crippen molar-refractivity contribution >= 4 is 11.4 Å². The van der Waals surface area contributed by atoms with Gasteiger partial charge in [0.15, 0.2) is 5.75 Å². The van der Waals surface area contributed by atoms with Crippen LogP contribution >= 0.6 is 0 Å². The summed E-state index contributed by atoms with van der Waals surface area (Å²) in [5, 5.41) is 20.0. The van der Waals surface area contributed by atoms with Gasteiger partial charge < -0.3 is 14.7 Å². The lowest BCUT2D eigenvalue weighted by Gasteiger charge is -2.39. The summed E-state index contributed by atoms with van der Waals surface area (Å²) in [6.45, 7) is 0.599. The van der Waals surface area contributed by atoms with Gasteiger partial charge in [0.25, 0.3) is 0 Å². The third-order valence-electron chi connectivity index (χ3n) is 3.55. The van der Waals surface area contributed by atoms with Gasteiger partial charge in [-0.1, -0.05) is 0 Å². The molecular weight excluding hydrogens is 248 g/mol. The molecule has 2 rings (SSSR count). The fourth-order valence-electron chi connectivity index (χ4n) is 2.32. The number of hydrogen-bond acceptors (Lipinski definition) is 5. The Morgan fingerprint density at radius 3 is 2.74 bits per heavy atom. The molecule has 0 atom stereocenters. The fourth-order valence-corrected chi connectivity index (χ4v) is 2.32. The minimum atomic E-state index is -0.456. The van der Waals surface area contributed by atoms with Gasteiger partial charge >= 0.3 is 5.69 Å². The second-order valence-corrected chi connectivity index (χ2v) is 4.61. The summed E-state index contributed by atoms with van der Waals surface area (Å²) < 4.78 is 5.08. The Balaban J connectivity index is 2.29. The van der Waals surface area contributed by atoms with Crippen molar-refractivity contribution in [2.45, 2.75) is 25.3 Å². The molecule has 0 aromatic heterocycles. The van der Waals surface area contributed by atoms with Crippen LogP contribution < -0.4 is 9.64 Å². The maximum Gasteiger partial charge on any atom is 0.311 e. The zero-order valence-electron chi connectivity index (χ0n) is 10.9. The minimum absolute atomic E-state index is 0.0381. The SMILES string of the molecule is COc1cc(N(CCO)C2CCC2)ccc1[N+](=O)[O-]. The maximum atomic E-state index is 10.9. The summed E-state index contributed by atoms with van der Waals surface area (Å²) >= 11 is 0. The largest absolute Gasteiger partial charge is 0.490 e. The van der Waals surface area contributed by atoms with Crippen molar-refractivity contribution in [1.29, 1.82) is 0 Å². The van der Waals surface area contributed by atoms with Crippen molar-refractivity contribution in [3.8, 4) is 5.75 Å². The summed E-state index contributed by atoms with van der Waals surface area (Å²) in [6, 6.07) is 5.26. The van der Waals surface area contributed by atoms with Crippen LogP contribution in [-0.2, 0) is 0 Å². The van der Waals surface area contributed by atoms with Gasteiger partial charge in [0.1, 0.15) is 0 Å². The molecule has 19 heavy (non-hydrogen) atoms. The molecule has 1 aliphatic carbocycles. The van der Waals surface area contributed by atoms with E-state index in [1.54, 1.807) is 12.1 Å². The van der Waals surface area contributed by atoms with E-state index in [1.807, 2.05) is 0 Å². The first-order valence-electron chi connectivity index (χ1n) is 6.37. The number of hydrogen-bond donors (Lipinski definition) is 1. The number of nitro benzene ring substituents is 1. The highest BCUT2D eigenvalue weighted by atomic mass is 16.6. The first-order chi connectivity index (χ1) is 9.17. The van der Waals surface area contributed by atoms with Crippen LogP contribution in [0.3, 0.4) is 0 Å². The van der Waals surface area contributed by atoms with Crippen LogP contribution in [0, 0.1) is 10.1 Å². The van der Waals surface area contributed by atoms with E-state index in [2.05, 4.69) is 4.90 Å². The molecule has 0 bridgehead atoms. The van der Waals surface area contributed by atoms with Crippen LogP contribution in [-0.4, -0.2) is 36.3 Å². The highest BCUT2D eigenvalue weighted by Crippen LogP contribution is 2.35. The molecule has 1 aliphatic rings. The molecule has 0 amide bonds. The average Bonchev–Trinajstić information content (AvgIpc) is 2.35. The van der Waals surface area contributed by atoms with Crippen molar-refractivity contribution in [3.05, 3.63) is 28.3 Å². The number of aliphatic hydroxyl groups is 1. The first kappa shape index (κ1) is 13.6. The molecule has 0 saturated heterocycles. The predicted molar refractivity (Wildman–Crippen MR) is 71.7 cm³/mol. The Hall–Kier alpha value is -1.82. The van der Waals surface area contributed by atoms with Crippen LogP contribution in [0.4, 0.5) is 11.4 Å². The Morgan fingerprint density at radius 2 is 2.26 bits per heavy atom. The smallest absolute Gasteiger partial charge is 0.311 e. The molecule has 0 radical (unpaired) electrons. The minimum Gasteiger partial charge on any atom is -0.490 e. The van der Waals surface area contributed by atoms with Gasteiger partial charge in [-0.3, -0.25) is 10.1 Å². The molecule has 0 unspecified atom stereocenters. The summed E-state index contributed by atoms with van der Waals surface area (Å²) in [7, 11) is 1.42. The molecule has 6 nitrogen and oxygen atoms in total. The van der Waals surface area contributed by atoms with Gasteiger partial charge in [-0.15, -0.1) is 0 Å². The molecule has 1 saturated carbocycles. The van der Waals surface area contributed by atoms with E-state index in [9.17, 15) is 10.1 Å². The van der Waals surface area contributed by atoms with Crippen LogP contribution in [0.5, 0.6) is 5.75 Å².